The zero-order chi connectivity index (χ0) is 19.3. The van der Waals surface area contributed by atoms with Crippen LogP contribution in [0.1, 0.15) is 24.0 Å². The normalized spacial score (nSPS) is 19.7. The number of carbonyl (C=O) groups is 2. The molecule has 1 aromatic rings. The smallest absolute Gasteiger partial charge is 0.308 e. The minimum absolute atomic E-state index is 0.0253. The van der Waals surface area contributed by atoms with Crippen molar-refractivity contribution in [1.82, 2.24) is 9.62 Å². The largest absolute Gasteiger partial charge is 0.481 e. The number of hydrogen-bond donors (Lipinski definition) is 2. The number of carbonyl (C=O) groups excluding carboxylic acids is 1. The van der Waals surface area contributed by atoms with Crippen LogP contribution in [0.15, 0.2) is 24.3 Å². The van der Waals surface area contributed by atoms with Crippen molar-refractivity contribution in [3.05, 3.63) is 35.4 Å². The maximum Gasteiger partial charge on any atom is 0.308 e. The Labute approximate surface area is 154 Å². The summed E-state index contributed by atoms with van der Waals surface area (Å²) in [4.78, 5) is 23.9. The van der Waals surface area contributed by atoms with E-state index >= 15 is 0 Å². The van der Waals surface area contributed by atoms with Crippen LogP contribution in [0.2, 0.25) is 0 Å². The van der Waals surface area contributed by atoms with E-state index in [1.54, 1.807) is 0 Å². The summed E-state index contributed by atoms with van der Waals surface area (Å²) in [6, 6.07) is 7.63. The second-order valence-electron chi connectivity index (χ2n) is 6.93. The van der Waals surface area contributed by atoms with E-state index in [1.807, 2.05) is 31.2 Å². The number of aliphatic carboxylic acids is 1. The van der Waals surface area contributed by atoms with E-state index < -0.39 is 27.8 Å². The monoisotopic (exact) mass is 382 g/mol. The number of nitrogens with zero attached hydrogens (tertiary/aromatic N) is 1. The maximum atomic E-state index is 12.4. The number of benzene rings is 1. The first-order chi connectivity index (χ1) is 12.2. The molecular formula is C18H26N2O5S. The van der Waals surface area contributed by atoms with Gasteiger partial charge in [-0.1, -0.05) is 29.8 Å². The second kappa shape index (κ2) is 8.64. The van der Waals surface area contributed by atoms with Gasteiger partial charge in [-0.2, -0.15) is 0 Å². The van der Waals surface area contributed by atoms with Gasteiger partial charge in [0.2, 0.25) is 15.9 Å². The molecule has 0 spiro atoms. The molecule has 1 amide bonds. The average molecular weight is 382 g/mol. The third kappa shape index (κ3) is 5.81. The van der Waals surface area contributed by atoms with Crippen molar-refractivity contribution in [2.75, 3.05) is 25.9 Å². The molecule has 144 valence electrons. The van der Waals surface area contributed by atoms with Crippen molar-refractivity contribution in [2.24, 2.45) is 11.8 Å². The molecule has 1 saturated heterocycles. The van der Waals surface area contributed by atoms with Crippen molar-refractivity contribution in [3.63, 3.8) is 0 Å². The van der Waals surface area contributed by atoms with Gasteiger partial charge in [0.15, 0.2) is 0 Å². The third-order valence-electron chi connectivity index (χ3n) is 4.66. The summed E-state index contributed by atoms with van der Waals surface area (Å²) in [6.07, 6.45) is 2.69. The molecule has 1 heterocycles. The van der Waals surface area contributed by atoms with Crippen molar-refractivity contribution < 1.29 is 23.1 Å². The molecule has 1 fully saturated rings. The molecule has 1 aliphatic rings. The Bertz CT molecular complexity index is 763. The zero-order valence-corrected chi connectivity index (χ0v) is 16.0. The fourth-order valence-corrected chi connectivity index (χ4v) is 4.11. The summed E-state index contributed by atoms with van der Waals surface area (Å²) in [5.41, 5.74) is 1.96. The number of carboxylic acids is 1. The lowest BCUT2D eigenvalue weighted by Gasteiger charge is -2.30. The fraction of sp³-hybridized carbons (Fsp3) is 0.556. The van der Waals surface area contributed by atoms with Crippen LogP contribution in [0.3, 0.4) is 0 Å². The van der Waals surface area contributed by atoms with Gasteiger partial charge < -0.3 is 10.4 Å². The SMILES string of the molecule is Cc1cccc(C[C@@H](CNC(=O)[C@H]2CCCN(S(C)(=O)=O)C2)C(=O)O)c1. The highest BCUT2D eigenvalue weighted by molar-refractivity contribution is 7.88. The molecule has 0 aliphatic carbocycles. The first-order valence-electron chi connectivity index (χ1n) is 8.68. The Morgan fingerprint density at radius 3 is 2.73 bits per heavy atom. The van der Waals surface area contributed by atoms with Crippen LogP contribution in [0.4, 0.5) is 0 Å². The lowest BCUT2D eigenvalue weighted by Crippen LogP contribution is -2.46. The number of carboxylic acid groups (broad SMARTS) is 1. The van der Waals surface area contributed by atoms with Gasteiger partial charge >= 0.3 is 5.97 Å². The Kier molecular flexibility index (Phi) is 6.77. The van der Waals surface area contributed by atoms with Crippen LogP contribution in [-0.4, -0.2) is 55.6 Å². The van der Waals surface area contributed by atoms with Gasteiger partial charge in [-0.05, 0) is 31.7 Å². The molecular weight excluding hydrogens is 356 g/mol. The number of aryl methyl sites for hydroxylation is 1. The molecule has 2 N–H and O–H groups in total. The van der Waals surface area contributed by atoms with Gasteiger partial charge in [-0.3, -0.25) is 9.59 Å². The summed E-state index contributed by atoms with van der Waals surface area (Å²) in [5, 5.41) is 12.1. The van der Waals surface area contributed by atoms with Gasteiger partial charge in [0.25, 0.3) is 0 Å². The number of sulfonamides is 1. The Hall–Kier alpha value is -1.93. The number of nitrogens with one attached hydrogen (secondary N) is 1. The topological polar surface area (TPSA) is 104 Å². The minimum Gasteiger partial charge on any atom is -0.481 e. The average Bonchev–Trinajstić information content (AvgIpc) is 2.57. The van der Waals surface area contributed by atoms with Crippen molar-refractivity contribution in [2.45, 2.75) is 26.2 Å². The van der Waals surface area contributed by atoms with Crippen molar-refractivity contribution in [3.8, 4) is 0 Å². The van der Waals surface area contributed by atoms with E-state index in [1.165, 1.54) is 4.31 Å². The van der Waals surface area contributed by atoms with E-state index in [-0.39, 0.29) is 19.0 Å². The molecule has 0 radical (unpaired) electrons. The van der Waals surface area contributed by atoms with E-state index in [9.17, 15) is 23.1 Å². The summed E-state index contributed by atoms with van der Waals surface area (Å²) < 4.78 is 24.6. The molecule has 0 saturated carbocycles. The Morgan fingerprint density at radius 2 is 2.12 bits per heavy atom. The van der Waals surface area contributed by atoms with Crippen LogP contribution in [0.5, 0.6) is 0 Å². The van der Waals surface area contributed by atoms with Gasteiger partial charge in [0.1, 0.15) is 0 Å². The second-order valence-corrected chi connectivity index (χ2v) is 8.92. The molecule has 2 rings (SSSR count). The molecule has 0 unspecified atom stereocenters. The molecule has 1 aliphatic heterocycles. The van der Waals surface area contributed by atoms with E-state index in [0.29, 0.717) is 25.8 Å². The number of piperidine rings is 1. The highest BCUT2D eigenvalue weighted by Gasteiger charge is 2.30. The molecule has 26 heavy (non-hydrogen) atoms. The molecule has 2 atom stereocenters. The molecule has 8 heteroatoms. The van der Waals surface area contributed by atoms with Crippen LogP contribution < -0.4 is 5.32 Å². The molecule has 7 nitrogen and oxygen atoms in total. The van der Waals surface area contributed by atoms with E-state index in [2.05, 4.69) is 5.32 Å². The quantitative estimate of drug-likeness (QED) is 0.733. The minimum atomic E-state index is -3.32. The van der Waals surface area contributed by atoms with Crippen LogP contribution in [-0.2, 0) is 26.0 Å². The van der Waals surface area contributed by atoms with Gasteiger partial charge in [0, 0.05) is 19.6 Å². The predicted octanol–water partition coefficient (Wildman–Crippen LogP) is 1.03. The summed E-state index contributed by atoms with van der Waals surface area (Å²) in [5.74, 6) is -2.41. The summed E-state index contributed by atoms with van der Waals surface area (Å²) in [7, 11) is -3.32. The number of rotatable bonds is 7. The highest BCUT2D eigenvalue weighted by atomic mass is 32.2. The Morgan fingerprint density at radius 1 is 1.38 bits per heavy atom. The van der Waals surface area contributed by atoms with Gasteiger partial charge in [-0.25, -0.2) is 12.7 Å². The first kappa shape index (κ1) is 20.4. The van der Waals surface area contributed by atoms with Gasteiger partial charge in [0.05, 0.1) is 18.1 Å². The summed E-state index contributed by atoms with van der Waals surface area (Å²) in [6.45, 7) is 2.54. The van der Waals surface area contributed by atoms with Crippen LogP contribution in [0.25, 0.3) is 0 Å². The molecule has 0 bridgehead atoms. The molecule has 1 aromatic carbocycles. The standard InChI is InChI=1S/C18H26N2O5S/c1-13-5-3-6-14(9-13)10-16(18(22)23)11-19-17(21)15-7-4-8-20(12-15)26(2,24)25/h3,5-6,9,15-16H,4,7-8,10-12H2,1-2H3,(H,19,21)(H,22,23)/t15-,16-/m0/s1. The number of hydrogen-bond acceptors (Lipinski definition) is 4. The lowest BCUT2D eigenvalue weighted by molar-refractivity contribution is -0.141. The molecule has 0 aromatic heterocycles. The zero-order valence-electron chi connectivity index (χ0n) is 15.1. The summed E-state index contributed by atoms with van der Waals surface area (Å²) >= 11 is 0. The van der Waals surface area contributed by atoms with Crippen molar-refractivity contribution >= 4 is 21.9 Å². The first-order valence-corrected chi connectivity index (χ1v) is 10.5. The maximum absolute atomic E-state index is 12.4. The fourth-order valence-electron chi connectivity index (χ4n) is 3.20. The highest BCUT2D eigenvalue weighted by Crippen LogP contribution is 2.19. The van der Waals surface area contributed by atoms with Crippen LogP contribution in [0, 0.1) is 18.8 Å². The number of amides is 1. The predicted molar refractivity (Wildman–Crippen MR) is 98.2 cm³/mol. The third-order valence-corrected chi connectivity index (χ3v) is 5.93. The van der Waals surface area contributed by atoms with Crippen molar-refractivity contribution in [1.29, 1.82) is 0 Å². The van der Waals surface area contributed by atoms with Crippen LogP contribution >= 0.6 is 0 Å². The van der Waals surface area contributed by atoms with E-state index in [4.69, 9.17) is 0 Å². The lowest BCUT2D eigenvalue weighted by atomic mass is 9.96. The Balaban J connectivity index is 1.93. The van der Waals surface area contributed by atoms with E-state index in [0.717, 1.165) is 17.4 Å². The van der Waals surface area contributed by atoms with Gasteiger partial charge in [-0.15, -0.1) is 0 Å².